The van der Waals surface area contributed by atoms with Crippen molar-refractivity contribution < 1.29 is 27.6 Å². The van der Waals surface area contributed by atoms with Gasteiger partial charge in [0.25, 0.3) is 5.69 Å². The highest BCUT2D eigenvalue weighted by Gasteiger charge is 2.37. The minimum absolute atomic E-state index is 0.101. The zero-order valence-corrected chi connectivity index (χ0v) is 17.9. The zero-order chi connectivity index (χ0) is 22.6. The number of hydrogen-bond acceptors (Lipinski definition) is 7. The van der Waals surface area contributed by atoms with Gasteiger partial charge in [-0.15, -0.1) is 0 Å². The highest BCUT2D eigenvalue weighted by atomic mass is 32.2. The van der Waals surface area contributed by atoms with Crippen molar-refractivity contribution in [2.45, 2.75) is 24.3 Å². The summed E-state index contributed by atoms with van der Waals surface area (Å²) in [5, 5.41) is 10.9. The van der Waals surface area contributed by atoms with Gasteiger partial charge in [0.2, 0.25) is 10.0 Å². The van der Waals surface area contributed by atoms with Gasteiger partial charge in [-0.1, -0.05) is 18.2 Å². The standard InChI is InChI=1S/C21H22N2O7S/c1-3-30-21(24)16-7-12-20(15-5-4-6-18(13-15)29-2)22(14-16)31(27,28)19-10-8-17(9-11-19)23(25)26/h4-11,13,20H,3,12,14H2,1-2H3/t20-/m1/s1. The maximum Gasteiger partial charge on any atom is 0.335 e. The van der Waals surface area contributed by atoms with Gasteiger partial charge in [0, 0.05) is 24.3 Å². The molecule has 0 unspecified atom stereocenters. The van der Waals surface area contributed by atoms with E-state index >= 15 is 0 Å². The molecule has 0 N–H and O–H groups in total. The summed E-state index contributed by atoms with van der Waals surface area (Å²) in [7, 11) is -2.56. The first-order valence-corrected chi connectivity index (χ1v) is 11.0. The summed E-state index contributed by atoms with van der Waals surface area (Å²) in [6.07, 6.45) is 1.94. The molecule has 0 amide bonds. The first-order valence-electron chi connectivity index (χ1n) is 9.54. The van der Waals surface area contributed by atoms with Crippen molar-refractivity contribution >= 4 is 21.7 Å². The molecule has 2 aromatic rings. The Balaban J connectivity index is 2.04. The molecule has 1 heterocycles. The topological polar surface area (TPSA) is 116 Å². The van der Waals surface area contributed by atoms with Crippen LogP contribution in [0.3, 0.4) is 0 Å². The molecule has 31 heavy (non-hydrogen) atoms. The number of methoxy groups -OCH3 is 1. The summed E-state index contributed by atoms with van der Waals surface area (Å²) in [4.78, 5) is 22.5. The van der Waals surface area contributed by atoms with Crippen molar-refractivity contribution in [1.29, 1.82) is 0 Å². The lowest BCUT2D eigenvalue weighted by Crippen LogP contribution is -2.40. The molecule has 2 aromatic carbocycles. The van der Waals surface area contributed by atoms with Crippen LogP contribution in [0.15, 0.2) is 65.1 Å². The third kappa shape index (κ3) is 4.75. The highest BCUT2D eigenvalue weighted by Crippen LogP contribution is 2.36. The van der Waals surface area contributed by atoms with E-state index in [0.29, 0.717) is 11.3 Å². The third-order valence-corrected chi connectivity index (χ3v) is 6.80. The molecule has 3 rings (SSSR count). The summed E-state index contributed by atoms with van der Waals surface area (Å²) in [6, 6.07) is 11.1. The summed E-state index contributed by atoms with van der Waals surface area (Å²) >= 11 is 0. The second-order valence-corrected chi connectivity index (χ2v) is 8.67. The maximum absolute atomic E-state index is 13.5. The fourth-order valence-electron chi connectivity index (χ4n) is 3.36. The molecular formula is C21H22N2O7S. The van der Waals surface area contributed by atoms with Crippen LogP contribution in [-0.2, 0) is 19.6 Å². The van der Waals surface area contributed by atoms with E-state index in [2.05, 4.69) is 0 Å². The van der Waals surface area contributed by atoms with Gasteiger partial charge in [0.05, 0.1) is 29.6 Å². The number of nitro benzene ring substituents is 1. The van der Waals surface area contributed by atoms with Crippen LogP contribution in [0.25, 0.3) is 0 Å². The zero-order valence-electron chi connectivity index (χ0n) is 17.1. The molecule has 164 valence electrons. The van der Waals surface area contributed by atoms with Gasteiger partial charge in [-0.3, -0.25) is 10.1 Å². The molecule has 9 nitrogen and oxygen atoms in total. The number of carbonyl (C=O) groups excluding carboxylic acids is 1. The van der Waals surface area contributed by atoms with Crippen molar-refractivity contribution in [3.05, 3.63) is 75.9 Å². The molecule has 0 fully saturated rings. The van der Waals surface area contributed by atoms with Crippen LogP contribution >= 0.6 is 0 Å². The number of rotatable bonds is 7. The largest absolute Gasteiger partial charge is 0.497 e. The molecule has 0 saturated heterocycles. The SMILES string of the molecule is CCOC(=O)C1=CC[C@H](c2cccc(OC)c2)N(S(=O)(=O)c2ccc([N+](=O)[O-])cc2)C1. The van der Waals surface area contributed by atoms with Gasteiger partial charge >= 0.3 is 5.97 Å². The van der Waals surface area contributed by atoms with Crippen LogP contribution in [0.2, 0.25) is 0 Å². The number of non-ortho nitro benzene ring substituents is 1. The van der Waals surface area contributed by atoms with E-state index in [-0.39, 0.29) is 35.7 Å². The monoisotopic (exact) mass is 446 g/mol. The summed E-state index contributed by atoms with van der Waals surface area (Å²) in [5.74, 6) is 0.000782. The smallest absolute Gasteiger partial charge is 0.335 e. The van der Waals surface area contributed by atoms with Gasteiger partial charge in [0.1, 0.15) is 5.75 Å². The fraction of sp³-hybridized carbons (Fsp3) is 0.286. The quantitative estimate of drug-likeness (QED) is 0.364. The van der Waals surface area contributed by atoms with Crippen LogP contribution in [-0.4, -0.2) is 43.9 Å². The van der Waals surface area contributed by atoms with Gasteiger partial charge in [-0.25, -0.2) is 13.2 Å². The molecule has 1 aliphatic rings. The average Bonchev–Trinajstić information content (AvgIpc) is 2.79. The van der Waals surface area contributed by atoms with Crippen molar-refractivity contribution in [2.75, 3.05) is 20.3 Å². The van der Waals surface area contributed by atoms with Crippen molar-refractivity contribution in [1.82, 2.24) is 4.31 Å². The van der Waals surface area contributed by atoms with Gasteiger partial charge in [0.15, 0.2) is 0 Å². The molecule has 1 atom stereocenters. The number of nitro groups is 1. The van der Waals surface area contributed by atoms with Crippen LogP contribution < -0.4 is 4.74 Å². The van der Waals surface area contributed by atoms with Crippen LogP contribution in [0, 0.1) is 10.1 Å². The summed E-state index contributed by atoms with van der Waals surface area (Å²) in [6.45, 7) is 1.66. The number of nitrogens with zero attached hydrogens (tertiary/aromatic N) is 2. The lowest BCUT2D eigenvalue weighted by atomic mass is 9.98. The Morgan fingerprint density at radius 1 is 1.23 bits per heavy atom. The van der Waals surface area contributed by atoms with Gasteiger partial charge in [-0.2, -0.15) is 4.31 Å². The summed E-state index contributed by atoms with van der Waals surface area (Å²) < 4.78 is 38.5. The lowest BCUT2D eigenvalue weighted by Gasteiger charge is -2.34. The highest BCUT2D eigenvalue weighted by molar-refractivity contribution is 7.89. The maximum atomic E-state index is 13.5. The Morgan fingerprint density at radius 3 is 2.55 bits per heavy atom. The van der Waals surface area contributed by atoms with E-state index in [9.17, 15) is 23.3 Å². The Bertz CT molecular complexity index is 1110. The fourth-order valence-corrected chi connectivity index (χ4v) is 4.97. The van der Waals surface area contributed by atoms with Crippen LogP contribution in [0.4, 0.5) is 5.69 Å². The number of carbonyl (C=O) groups is 1. The van der Waals surface area contributed by atoms with Crippen molar-refractivity contribution in [2.24, 2.45) is 0 Å². The molecule has 0 spiro atoms. The molecule has 0 radical (unpaired) electrons. The molecule has 0 aromatic heterocycles. The van der Waals surface area contributed by atoms with E-state index in [0.717, 1.165) is 12.1 Å². The number of esters is 1. The number of hydrogen-bond donors (Lipinski definition) is 0. The first kappa shape index (κ1) is 22.4. The van der Waals surface area contributed by atoms with E-state index < -0.39 is 27.0 Å². The first-order chi connectivity index (χ1) is 14.8. The van der Waals surface area contributed by atoms with E-state index in [1.54, 1.807) is 37.3 Å². The third-order valence-electron chi connectivity index (χ3n) is 4.93. The Hall–Kier alpha value is -3.24. The van der Waals surface area contributed by atoms with E-state index in [4.69, 9.17) is 9.47 Å². The van der Waals surface area contributed by atoms with Gasteiger partial charge in [-0.05, 0) is 43.2 Å². The molecular weight excluding hydrogens is 424 g/mol. The molecule has 1 aliphatic heterocycles. The van der Waals surface area contributed by atoms with E-state index in [1.807, 2.05) is 0 Å². The van der Waals surface area contributed by atoms with Crippen LogP contribution in [0.5, 0.6) is 5.75 Å². The normalized spacial score (nSPS) is 17.0. The van der Waals surface area contributed by atoms with E-state index in [1.165, 1.54) is 23.5 Å². The average molecular weight is 446 g/mol. The Kier molecular flexibility index (Phi) is 6.71. The second-order valence-electron chi connectivity index (χ2n) is 6.78. The number of sulfonamides is 1. The second kappa shape index (κ2) is 9.27. The minimum Gasteiger partial charge on any atom is -0.497 e. The minimum atomic E-state index is -4.08. The lowest BCUT2D eigenvalue weighted by molar-refractivity contribution is -0.384. The predicted octanol–water partition coefficient (Wildman–Crippen LogP) is 3.23. The van der Waals surface area contributed by atoms with Crippen molar-refractivity contribution in [3.8, 4) is 5.75 Å². The number of ether oxygens (including phenoxy) is 2. The molecule has 0 aliphatic carbocycles. The number of benzene rings is 2. The predicted molar refractivity (Wildman–Crippen MR) is 112 cm³/mol. The van der Waals surface area contributed by atoms with Crippen molar-refractivity contribution in [3.63, 3.8) is 0 Å². The van der Waals surface area contributed by atoms with Crippen LogP contribution in [0.1, 0.15) is 24.9 Å². The summed E-state index contributed by atoms with van der Waals surface area (Å²) in [5.41, 5.74) is 0.726. The Labute approximate surface area is 180 Å². The Morgan fingerprint density at radius 2 is 1.94 bits per heavy atom. The van der Waals surface area contributed by atoms with Gasteiger partial charge < -0.3 is 9.47 Å². The molecule has 0 saturated carbocycles. The molecule has 0 bridgehead atoms. The molecule has 10 heteroatoms.